The number of alkyl halides is 1. The molecule has 2 aromatic rings. The van der Waals surface area contributed by atoms with E-state index < -0.39 is 11.1 Å². The van der Waals surface area contributed by atoms with E-state index in [1.807, 2.05) is 23.1 Å². The van der Waals surface area contributed by atoms with Crippen LogP contribution in [0.25, 0.3) is 0 Å². The maximum absolute atomic E-state index is 14.4. The van der Waals surface area contributed by atoms with Crippen LogP contribution in [-0.4, -0.2) is 27.9 Å². The second-order valence-electron chi connectivity index (χ2n) is 12.8. The van der Waals surface area contributed by atoms with Gasteiger partial charge < -0.3 is 4.90 Å². The molecule has 0 saturated heterocycles. The monoisotopic (exact) mass is 486 g/mol. The Hall–Kier alpha value is -2.68. The number of aryl methyl sites for hydroxylation is 1. The zero-order chi connectivity index (χ0) is 24.7. The number of nitriles is 1. The molecule has 6 aliphatic carbocycles. The average Bonchev–Trinajstić information content (AvgIpc) is 3.62. The van der Waals surface area contributed by atoms with Crippen LogP contribution in [0.15, 0.2) is 30.3 Å². The van der Waals surface area contributed by atoms with Gasteiger partial charge in [0.25, 0.3) is 0 Å². The van der Waals surface area contributed by atoms with E-state index in [-0.39, 0.29) is 11.3 Å². The summed E-state index contributed by atoms with van der Waals surface area (Å²) in [7, 11) is 2.12. The molecule has 0 spiro atoms. The fraction of sp³-hybridized carbons (Fsp3) is 0.633. The molecule has 8 rings (SSSR count). The van der Waals surface area contributed by atoms with Crippen molar-refractivity contribution in [2.45, 2.75) is 87.6 Å². The number of rotatable bonds is 6. The molecule has 36 heavy (non-hydrogen) atoms. The van der Waals surface area contributed by atoms with Crippen LogP contribution in [0, 0.1) is 28.6 Å². The van der Waals surface area contributed by atoms with Gasteiger partial charge in [-0.1, -0.05) is 18.9 Å². The molecular formula is C30H35FN4O. The Balaban J connectivity index is 1.15. The van der Waals surface area contributed by atoms with E-state index in [1.54, 1.807) is 6.07 Å². The number of benzene rings is 1. The molecule has 6 aliphatic rings. The Labute approximate surface area is 212 Å². The summed E-state index contributed by atoms with van der Waals surface area (Å²) in [6, 6.07) is 12.0. The molecule has 188 valence electrons. The summed E-state index contributed by atoms with van der Waals surface area (Å²) in [6.45, 7) is 0.675. The summed E-state index contributed by atoms with van der Waals surface area (Å²) in [5.41, 5.74) is 2.65. The van der Waals surface area contributed by atoms with E-state index in [2.05, 4.69) is 23.9 Å². The Bertz CT molecular complexity index is 1250. The first-order valence-electron chi connectivity index (χ1n) is 13.9. The molecule has 0 radical (unpaired) electrons. The van der Waals surface area contributed by atoms with Crippen LogP contribution in [0.2, 0.25) is 0 Å². The van der Waals surface area contributed by atoms with Crippen molar-refractivity contribution >= 4 is 11.6 Å². The Kier molecular flexibility index (Phi) is 4.79. The normalized spacial score (nSPS) is 36.4. The summed E-state index contributed by atoms with van der Waals surface area (Å²) >= 11 is 0. The number of carbonyl (C=O) groups is 1. The second kappa shape index (κ2) is 7.66. The minimum atomic E-state index is -1.11. The van der Waals surface area contributed by atoms with Crippen molar-refractivity contribution in [1.29, 1.82) is 5.26 Å². The van der Waals surface area contributed by atoms with Crippen LogP contribution in [0.4, 0.5) is 10.1 Å². The summed E-state index contributed by atoms with van der Waals surface area (Å²) < 4.78 is 16.5. The lowest BCUT2D eigenvalue weighted by Crippen LogP contribution is -2.70. The van der Waals surface area contributed by atoms with E-state index in [9.17, 15) is 14.4 Å². The van der Waals surface area contributed by atoms with Gasteiger partial charge in [-0.2, -0.15) is 10.4 Å². The number of carbonyl (C=O) groups excluding carboxylic acids is 1. The predicted molar refractivity (Wildman–Crippen MR) is 135 cm³/mol. The molecule has 6 fully saturated rings. The van der Waals surface area contributed by atoms with Crippen LogP contribution in [0.5, 0.6) is 0 Å². The summed E-state index contributed by atoms with van der Waals surface area (Å²) in [6.07, 6.45) is 10.7. The fourth-order valence-corrected chi connectivity index (χ4v) is 8.36. The standard InChI is InChI=1S/C30H35FN4O/c1-34-26(13-25(33-34)21-7-8-21)28-10-3-5-22(14-28)23(9-11-28)16-35(24-6-2-4-20(12-24)15-32)27(36)29-17-30(31,18-29)19-29/h2,4,6,12-13,21-23H,3,5,7-11,14,16-19H2,1H3. The van der Waals surface area contributed by atoms with Crippen LogP contribution >= 0.6 is 0 Å². The molecule has 4 bridgehead atoms. The molecule has 5 nitrogen and oxygen atoms in total. The van der Waals surface area contributed by atoms with Crippen molar-refractivity contribution in [2.24, 2.45) is 24.3 Å². The number of nitrogens with zero attached hydrogens (tertiary/aromatic N) is 4. The van der Waals surface area contributed by atoms with Crippen molar-refractivity contribution in [2.75, 3.05) is 11.4 Å². The first-order valence-corrected chi connectivity index (χ1v) is 13.9. The van der Waals surface area contributed by atoms with E-state index in [1.165, 1.54) is 49.9 Å². The maximum Gasteiger partial charge on any atom is 0.233 e. The third-order valence-electron chi connectivity index (χ3n) is 10.3. The van der Waals surface area contributed by atoms with E-state index in [0.717, 1.165) is 18.5 Å². The van der Waals surface area contributed by atoms with E-state index in [0.29, 0.717) is 49.1 Å². The van der Waals surface area contributed by atoms with E-state index in [4.69, 9.17) is 5.10 Å². The van der Waals surface area contributed by atoms with Crippen molar-refractivity contribution in [3.05, 3.63) is 47.3 Å². The lowest BCUT2D eigenvalue weighted by Gasteiger charge is -2.65. The van der Waals surface area contributed by atoms with Gasteiger partial charge in [0.15, 0.2) is 0 Å². The van der Waals surface area contributed by atoms with Crippen molar-refractivity contribution in [3.63, 3.8) is 0 Å². The molecule has 3 atom stereocenters. The third kappa shape index (κ3) is 3.38. The lowest BCUT2D eigenvalue weighted by atomic mass is 9.42. The van der Waals surface area contributed by atoms with Gasteiger partial charge in [-0.3, -0.25) is 9.48 Å². The maximum atomic E-state index is 14.4. The molecule has 6 heteroatoms. The molecule has 1 heterocycles. The number of aromatic nitrogens is 2. The first kappa shape index (κ1) is 22.5. The number of hydrogen-bond donors (Lipinski definition) is 0. The smallest absolute Gasteiger partial charge is 0.233 e. The molecule has 1 amide bonds. The molecule has 0 aliphatic heterocycles. The minimum absolute atomic E-state index is 0.0745. The molecule has 0 N–H and O–H groups in total. The topological polar surface area (TPSA) is 61.9 Å². The van der Waals surface area contributed by atoms with Crippen molar-refractivity contribution in [1.82, 2.24) is 9.78 Å². The Morgan fingerprint density at radius 1 is 1.19 bits per heavy atom. The zero-order valence-electron chi connectivity index (χ0n) is 21.2. The molecule has 1 aromatic heterocycles. The molecule has 1 aromatic carbocycles. The predicted octanol–water partition coefficient (Wildman–Crippen LogP) is 5.93. The lowest BCUT2D eigenvalue weighted by molar-refractivity contribution is -0.211. The minimum Gasteiger partial charge on any atom is -0.312 e. The molecule has 6 saturated carbocycles. The number of amides is 1. The highest BCUT2D eigenvalue weighted by Gasteiger charge is 2.73. The van der Waals surface area contributed by atoms with Gasteiger partial charge in [0, 0.05) is 36.3 Å². The van der Waals surface area contributed by atoms with Gasteiger partial charge in [-0.25, -0.2) is 4.39 Å². The Morgan fingerprint density at radius 3 is 2.72 bits per heavy atom. The van der Waals surface area contributed by atoms with Crippen molar-refractivity contribution < 1.29 is 9.18 Å². The summed E-state index contributed by atoms with van der Waals surface area (Å²) in [5, 5.41) is 14.4. The van der Waals surface area contributed by atoms with Gasteiger partial charge in [0.2, 0.25) is 5.91 Å². The second-order valence-corrected chi connectivity index (χ2v) is 12.8. The number of fused-ring (bicyclic) bond motifs is 2. The highest BCUT2D eigenvalue weighted by Crippen LogP contribution is 2.70. The fourth-order valence-electron chi connectivity index (χ4n) is 8.36. The quantitative estimate of drug-likeness (QED) is 0.508. The van der Waals surface area contributed by atoms with Gasteiger partial charge in [-0.05, 0) is 93.9 Å². The van der Waals surface area contributed by atoms with Crippen LogP contribution in [0.1, 0.15) is 93.5 Å². The van der Waals surface area contributed by atoms with Crippen molar-refractivity contribution in [3.8, 4) is 6.07 Å². The van der Waals surface area contributed by atoms with Gasteiger partial charge in [-0.15, -0.1) is 0 Å². The highest BCUT2D eigenvalue weighted by molar-refractivity contribution is 6.00. The third-order valence-corrected chi connectivity index (χ3v) is 10.3. The van der Waals surface area contributed by atoms with Gasteiger partial charge >= 0.3 is 0 Å². The Morgan fingerprint density at radius 2 is 2.00 bits per heavy atom. The SMILES string of the molecule is Cn1nc(C2CC2)cc1C12CCCC(C1)C(CN(C(=O)C13CC(F)(C1)C3)c1cccc(C#N)c1)CC2. The molecular weight excluding hydrogens is 451 g/mol. The summed E-state index contributed by atoms with van der Waals surface area (Å²) in [4.78, 5) is 15.8. The van der Waals surface area contributed by atoms with Crippen LogP contribution in [0.3, 0.4) is 0 Å². The van der Waals surface area contributed by atoms with Gasteiger partial charge in [0.05, 0.1) is 22.7 Å². The summed E-state index contributed by atoms with van der Waals surface area (Å²) in [5.74, 6) is 1.74. The highest BCUT2D eigenvalue weighted by atomic mass is 19.1. The average molecular weight is 487 g/mol. The van der Waals surface area contributed by atoms with E-state index >= 15 is 0 Å². The number of halogens is 1. The van der Waals surface area contributed by atoms with Gasteiger partial charge in [0.1, 0.15) is 5.67 Å². The largest absolute Gasteiger partial charge is 0.312 e. The zero-order valence-corrected chi connectivity index (χ0v) is 21.2. The number of hydrogen-bond acceptors (Lipinski definition) is 3. The molecule has 3 unspecified atom stereocenters. The van der Waals surface area contributed by atoms with Crippen LogP contribution in [-0.2, 0) is 17.3 Å². The number of anilines is 1. The first-order chi connectivity index (χ1) is 17.3. The van der Waals surface area contributed by atoms with Crippen LogP contribution < -0.4 is 4.90 Å².